The van der Waals surface area contributed by atoms with Crippen LogP contribution >= 0.6 is 0 Å². The smallest absolute Gasteiger partial charge is 0.224 e. The molecule has 0 fully saturated rings. The van der Waals surface area contributed by atoms with Gasteiger partial charge >= 0.3 is 0 Å². The van der Waals surface area contributed by atoms with Gasteiger partial charge in [0.25, 0.3) is 0 Å². The molecule has 5 heteroatoms. The van der Waals surface area contributed by atoms with Gasteiger partial charge in [0.15, 0.2) is 0 Å². The summed E-state index contributed by atoms with van der Waals surface area (Å²) >= 11 is 0. The minimum absolute atomic E-state index is 0.181. The maximum atomic E-state index is 4.58. The van der Waals surface area contributed by atoms with Gasteiger partial charge in [0, 0.05) is 35.9 Å². The lowest BCUT2D eigenvalue weighted by atomic mass is 10.1. The first-order chi connectivity index (χ1) is 13.3. The van der Waals surface area contributed by atoms with E-state index in [0.29, 0.717) is 5.95 Å². The molecule has 1 atom stereocenters. The molecule has 0 saturated heterocycles. The third-order valence-corrected chi connectivity index (χ3v) is 4.67. The molecule has 2 aromatic heterocycles. The minimum atomic E-state index is 0.181. The van der Waals surface area contributed by atoms with E-state index in [0.717, 1.165) is 18.8 Å². The van der Waals surface area contributed by atoms with Crippen LogP contribution in [-0.4, -0.2) is 21.5 Å². The molecule has 1 unspecified atom stereocenters. The molecule has 27 heavy (non-hydrogen) atoms. The topological polar surface area (TPSA) is 65.6 Å². The van der Waals surface area contributed by atoms with Gasteiger partial charge < -0.3 is 15.6 Å². The van der Waals surface area contributed by atoms with Gasteiger partial charge in [0.1, 0.15) is 5.82 Å². The van der Waals surface area contributed by atoms with Crippen molar-refractivity contribution in [2.24, 2.45) is 0 Å². The summed E-state index contributed by atoms with van der Waals surface area (Å²) in [6.07, 6.45) is 4.76. The number of para-hydroxylation sites is 1. The summed E-state index contributed by atoms with van der Waals surface area (Å²) in [5, 5.41) is 8.03. The number of hydrogen-bond acceptors (Lipinski definition) is 4. The van der Waals surface area contributed by atoms with Crippen LogP contribution in [0.25, 0.3) is 10.9 Å². The van der Waals surface area contributed by atoms with Crippen LogP contribution in [0.2, 0.25) is 0 Å². The molecule has 0 aliphatic carbocycles. The third kappa shape index (κ3) is 4.08. The number of aromatic nitrogens is 3. The molecule has 136 valence electrons. The van der Waals surface area contributed by atoms with Crippen molar-refractivity contribution in [2.75, 3.05) is 17.2 Å². The van der Waals surface area contributed by atoms with Crippen LogP contribution in [0.3, 0.4) is 0 Å². The molecule has 5 nitrogen and oxygen atoms in total. The Balaban J connectivity index is 1.36. The van der Waals surface area contributed by atoms with E-state index in [-0.39, 0.29) is 6.04 Å². The fourth-order valence-corrected chi connectivity index (χ4v) is 3.22. The Hall–Kier alpha value is -3.34. The molecule has 4 rings (SSSR count). The summed E-state index contributed by atoms with van der Waals surface area (Å²) in [7, 11) is 0. The molecule has 0 aliphatic rings. The summed E-state index contributed by atoms with van der Waals surface area (Å²) in [6, 6.07) is 20.8. The number of H-pyrrole nitrogens is 1. The minimum Gasteiger partial charge on any atom is -0.363 e. The Morgan fingerprint density at radius 3 is 2.70 bits per heavy atom. The first-order valence-electron chi connectivity index (χ1n) is 9.23. The first kappa shape index (κ1) is 17.1. The molecule has 4 aromatic rings. The van der Waals surface area contributed by atoms with E-state index in [9.17, 15) is 0 Å². The van der Waals surface area contributed by atoms with Crippen LogP contribution in [-0.2, 0) is 6.42 Å². The summed E-state index contributed by atoms with van der Waals surface area (Å²) in [6.45, 7) is 2.90. The lowest BCUT2D eigenvalue weighted by Crippen LogP contribution is -2.11. The van der Waals surface area contributed by atoms with Crippen molar-refractivity contribution < 1.29 is 0 Å². The third-order valence-electron chi connectivity index (χ3n) is 4.67. The quantitative estimate of drug-likeness (QED) is 0.445. The summed E-state index contributed by atoms with van der Waals surface area (Å²) in [5.41, 5.74) is 3.69. The lowest BCUT2D eigenvalue weighted by molar-refractivity contribution is 0.871. The Labute approximate surface area is 158 Å². The lowest BCUT2D eigenvalue weighted by Gasteiger charge is -2.15. The fourth-order valence-electron chi connectivity index (χ4n) is 3.22. The van der Waals surface area contributed by atoms with Crippen LogP contribution in [0.4, 0.5) is 11.8 Å². The largest absolute Gasteiger partial charge is 0.363 e. The van der Waals surface area contributed by atoms with Crippen molar-refractivity contribution in [2.45, 2.75) is 19.4 Å². The number of hydrogen-bond donors (Lipinski definition) is 3. The van der Waals surface area contributed by atoms with Gasteiger partial charge in [-0.3, -0.25) is 0 Å². The van der Waals surface area contributed by atoms with Gasteiger partial charge in [-0.05, 0) is 36.6 Å². The summed E-state index contributed by atoms with van der Waals surface area (Å²) < 4.78 is 0. The zero-order valence-corrected chi connectivity index (χ0v) is 15.3. The molecular formula is C22H23N5. The SMILES string of the molecule is CC(Nc1ccnc(NCCc2c[nH]c3ccccc23)n1)c1ccccc1. The standard InChI is InChI=1S/C22H23N5/c1-16(17-7-3-2-4-8-17)26-21-12-14-24-22(27-21)23-13-11-18-15-25-20-10-6-5-9-19(18)20/h2-10,12,14-16,25H,11,13H2,1H3,(H2,23,24,26,27). The second-order valence-electron chi connectivity index (χ2n) is 6.58. The molecule has 0 aliphatic heterocycles. The highest BCUT2D eigenvalue weighted by Gasteiger charge is 2.07. The van der Waals surface area contributed by atoms with Crippen molar-refractivity contribution >= 4 is 22.7 Å². The molecule has 2 heterocycles. The maximum absolute atomic E-state index is 4.58. The second kappa shape index (κ2) is 7.91. The van der Waals surface area contributed by atoms with Crippen molar-refractivity contribution in [1.82, 2.24) is 15.0 Å². The normalized spacial score (nSPS) is 12.0. The monoisotopic (exact) mass is 357 g/mol. The van der Waals surface area contributed by atoms with Gasteiger partial charge in [-0.2, -0.15) is 4.98 Å². The molecule has 0 amide bonds. The predicted octanol–water partition coefficient (Wildman–Crippen LogP) is 4.79. The highest BCUT2D eigenvalue weighted by atomic mass is 15.1. The van der Waals surface area contributed by atoms with E-state index >= 15 is 0 Å². The van der Waals surface area contributed by atoms with Gasteiger partial charge in [0.2, 0.25) is 5.95 Å². The van der Waals surface area contributed by atoms with Crippen LogP contribution < -0.4 is 10.6 Å². The van der Waals surface area contributed by atoms with Crippen molar-refractivity contribution in [3.8, 4) is 0 Å². The molecule has 0 radical (unpaired) electrons. The summed E-state index contributed by atoms with van der Waals surface area (Å²) in [5.74, 6) is 1.45. The molecule has 0 saturated carbocycles. The Bertz CT molecular complexity index is 1010. The van der Waals surface area contributed by atoms with Gasteiger partial charge in [-0.15, -0.1) is 0 Å². The number of nitrogens with one attached hydrogen (secondary N) is 3. The van der Waals surface area contributed by atoms with E-state index in [1.807, 2.05) is 30.3 Å². The number of fused-ring (bicyclic) bond motifs is 1. The average molecular weight is 357 g/mol. The van der Waals surface area contributed by atoms with Crippen LogP contribution in [0.15, 0.2) is 73.1 Å². The fraction of sp³-hybridized carbons (Fsp3) is 0.182. The number of anilines is 2. The average Bonchev–Trinajstić information content (AvgIpc) is 3.12. The second-order valence-corrected chi connectivity index (χ2v) is 6.58. The zero-order chi connectivity index (χ0) is 18.5. The van der Waals surface area contributed by atoms with E-state index in [2.05, 4.69) is 69.0 Å². The first-order valence-corrected chi connectivity index (χ1v) is 9.23. The highest BCUT2D eigenvalue weighted by molar-refractivity contribution is 5.83. The zero-order valence-electron chi connectivity index (χ0n) is 15.3. The highest BCUT2D eigenvalue weighted by Crippen LogP contribution is 2.19. The van der Waals surface area contributed by atoms with Crippen LogP contribution in [0, 0.1) is 0 Å². The number of benzene rings is 2. The number of nitrogens with zero attached hydrogens (tertiary/aromatic N) is 2. The van der Waals surface area contributed by atoms with E-state index in [1.165, 1.54) is 22.0 Å². The Kier molecular flexibility index (Phi) is 5.01. The van der Waals surface area contributed by atoms with E-state index < -0.39 is 0 Å². The molecule has 0 spiro atoms. The molecule has 2 aromatic carbocycles. The number of rotatable bonds is 7. The molecular weight excluding hydrogens is 334 g/mol. The Morgan fingerprint density at radius 1 is 1.00 bits per heavy atom. The summed E-state index contributed by atoms with van der Waals surface area (Å²) in [4.78, 5) is 12.2. The molecule has 0 bridgehead atoms. The van der Waals surface area contributed by atoms with Gasteiger partial charge in [-0.1, -0.05) is 48.5 Å². The Morgan fingerprint density at radius 2 is 1.81 bits per heavy atom. The van der Waals surface area contributed by atoms with Gasteiger partial charge in [-0.25, -0.2) is 4.98 Å². The van der Waals surface area contributed by atoms with Crippen molar-refractivity contribution in [3.63, 3.8) is 0 Å². The van der Waals surface area contributed by atoms with Crippen LogP contribution in [0.1, 0.15) is 24.1 Å². The van der Waals surface area contributed by atoms with E-state index in [4.69, 9.17) is 0 Å². The molecule has 3 N–H and O–H groups in total. The maximum Gasteiger partial charge on any atom is 0.224 e. The van der Waals surface area contributed by atoms with Crippen LogP contribution in [0.5, 0.6) is 0 Å². The van der Waals surface area contributed by atoms with E-state index in [1.54, 1.807) is 6.20 Å². The van der Waals surface area contributed by atoms with Crippen molar-refractivity contribution in [3.05, 3.63) is 84.2 Å². The predicted molar refractivity (Wildman–Crippen MR) is 111 cm³/mol. The number of aromatic amines is 1. The van der Waals surface area contributed by atoms with Gasteiger partial charge in [0.05, 0.1) is 0 Å². The van der Waals surface area contributed by atoms with Crippen molar-refractivity contribution in [1.29, 1.82) is 0 Å².